The fourth-order valence-electron chi connectivity index (χ4n) is 1.66. The number of nitrogens with one attached hydrogen (secondary N) is 1. The molecule has 5 heteroatoms. The number of methoxy groups -OCH3 is 2. The van der Waals surface area contributed by atoms with Crippen LogP contribution in [-0.4, -0.2) is 39.8 Å². The van der Waals surface area contributed by atoms with Gasteiger partial charge in [-0.2, -0.15) is 0 Å². The van der Waals surface area contributed by atoms with Gasteiger partial charge in [0.25, 0.3) is 0 Å². The molecule has 0 spiro atoms. The first-order valence-corrected chi connectivity index (χ1v) is 4.43. The molecule has 78 valence electrons. The molecule has 0 radical (unpaired) electrons. The second-order valence-electron chi connectivity index (χ2n) is 3.16. The van der Waals surface area contributed by atoms with Crippen LogP contribution >= 0.6 is 0 Å². The minimum Gasteiger partial charge on any atom is -0.381 e. The standard InChI is InChI=1S/C8H18N2O3/c1-11-8(12-2)7(10-9)6-3-4-13-5-6/h6-8,10H,3-5,9H2,1-2H3. The highest BCUT2D eigenvalue weighted by Gasteiger charge is 2.31. The molecule has 1 saturated heterocycles. The van der Waals surface area contributed by atoms with Crippen molar-refractivity contribution in [3.8, 4) is 0 Å². The van der Waals surface area contributed by atoms with Gasteiger partial charge in [0.05, 0.1) is 12.6 Å². The predicted molar refractivity (Wildman–Crippen MR) is 47.8 cm³/mol. The summed E-state index contributed by atoms with van der Waals surface area (Å²) < 4.78 is 15.6. The van der Waals surface area contributed by atoms with Crippen LogP contribution in [0.25, 0.3) is 0 Å². The van der Waals surface area contributed by atoms with Gasteiger partial charge in [0.2, 0.25) is 0 Å². The molecule has 13 heavy (non-hydrogen) atoms. The van der Waals surface area contributed by atoms with E-state index in [2.05, 4.69) is 5.43 Å². The van der Waals surface area contributed by atoms with Crippen molar-refractivity contribution in [2.45, 2.75) is 18.8 Å². The highest BCUT2D eigenvalue weighted by molar-refractivity contribution is 4.80. The average molecular weight is 190 g/mol. The average Bonchev–Trinajstić information content (AvgIpc) is 2.66. The van der Waals surface area contributed by atoms with E-state index in [0.29, 0.717) is 5.92 Å². The van der Waals surface area contributed by atoms with E-state index in [1.807, 2.05) is 0 Å². The molecular formula is C8H18N2O3. The highest BCUT2D eigenvalue weighted by Crippen LogP contribution is 2.19. The van der Waals surface area contributed by atoms with Crippen molar-refractivity contribution in [3.05, 3.63) is 0 Å². The Bertz CT molecular complexity index is 133. The Morgan fingerprint density at radius 2 is 2.15 bits per heavy atom. The Hall–Kier alpha value is -0.200. The molecule has 0 aromatic rings. The predicted octanol–water partition coefficient (Wildman–Crippen LogP) is -0.526. The van der Waals surface area contributed by atoms with E-state index in [9.17, 15) is 0 Å². The molecule has 5 nitrogen and oxygen atoms in total. The van der Waals surface area contributed by atoms with E-state index in [4.69, 9.17) is 20.1 Å². The van der Waals surface area contributed by atoms with Gasteiger partial charge in [0.15, 0.2) is 6.29 Å². The lowest BCUT2D eigenvalue weighted by molar-refractivity contribution is -0.133. The quantitative estimate of drug-likeness (QED) is 0.347. The van der Waals surface area contributed by atoms with Gasteiger partial charge in [-0.3, -0.25) is 11.3 Å². The fraction of sp³-hybridized carbons (Fsp3) is 1.00. The van der Waals surface area contributed by atoms with Gasteiger partial charge in [0, 0.05) is 26.7 Å². The Morgan fingerprint density at radius 3 is 2.54 bits per heavy atom. The zero-order chi connectivity index (χ0) is 9.68. The summed E-state index contributed by atoms with van der Waals surface area (Å²) in [4.78, 5) is 0. The zero-order valence-electron chi connectivity index (χ0n) is 8.16. The summed E-state index contributed by atoms with van der Waals surface area (Å²) >= 11 is 0. The summed E-state index contributed by atoms with van der Waals surface area (Å²) in [6.45, 7) is 1.51. The minimum absolute atomic E-state index is 0.00231. The van der Waals surface area contributed by atoms with Crippen molar-refractivity contribution in [2.75, 3.05) is 27.4 Å². The summed E-state index contributed by atoms with van der Waals surface area (Å²) in [5, 5.41) is 0. The molecule has 0 amide bonds. The molecule has 1 heterocycles. The maximum absolute atomic E-state index is 5.44. The summed E-state index contributed by atoms with van der Waals surface area (Å²) in [6, 6.07) is -0.00231. The molecule has 0 aliphatic carbocycles. The third-order valence-corrected chi connectivity index (χ3v) is 2.42. The van der Waals surface area contributed by atoms with Gasteiger partial charge in [-0.1, -0.05) is 0 Å². The van der Waals surface area contributed by atoms with Crippen molar-refractivity contribution < 1.29 is 14.2 Å². The van der Waals surface area contributed by atoms with Crippen LogP contribution in [0.1, 0.15) is 6.42 Å². The Morgan fingerprint density at radius 1 is 1.46 bits per heavy atom. The van der Waals surface area contributed by atoms with Crippen LogP contribution in [0.5, 0.6) is 0 Å². The van der Waals surface area contributed by atoms with Crippen LogP contribution in [0.2, 0.25) is 0 Å². The van der Waals surface area contributed by atoms with E-state index in [1.54, 1.807) is 14.2 Å². The van der Waals surface area contributed by atoms with Gasteiger partial charge in [0.1, 0.15) is 0 Å². The van der Waals surface area contributed by atoms with Crippen LogP contribution < -0.4 is 11.3 Å². The zero-order valence-corrected chi connectivity index (χ0v) is 8.16. The number of hydrogen-bond acceptors (Lipinski definition) is 5. The van der Waals surface area contributed by atoms with Gasteiger partial charge < -0.3 is 14.2 Å². The van der Waals surface area contributed by atoms with E-state index >= 15 is 0 Å². The van der Waals surface area contributed by atoms with Crippen LogP contribution in [-0.2, 0) is 14.2 Å². The Labute approximate surface area is 78.5 Å². The monoisotopic (exact) mass is 190 g/mol. The lowest BCUT2D eigenvalue weighted by atomic mass is 9.99. The molecule has 2 atom stereocenters. The topological polar surface area (TPSA) is 65.7 Å². The highest BCUT2D eigenvalue weighted by atomic mass is 16.7. The Kier molecular flexibility index (Phi) is 4.61. The molecule has 1 rings (SSSR count). The molecule has 2 unspecified atom stereocenters. The first-order valence-electron chi connectivity index (χ1n) is 4.43. The molecule has 0 bridgehead atoms. The molecular weight excluding hydrogens is 172 g/mol. The largest absolute Gasteiger partial charge is 0.381 e. The van der Waals surface area contributed by atoms with Crippen molar-refractivity contribution in [3.63, 3.8) is 0 Å². The number of ether oxygens (including phenoxy) is 3. The van der Waals surface area contributed by atoms with E-state index in [0.717, 1.165) is 19.6 Å². The number of hydrazine groups is 1. The normalized spacial score (nSPS) is 25.4. The number of nitrogens with two attached hydrogens (primary N) is 1. The van der Waals surface area contributed by atoms with E-state index < -0.39 is 0 Å². The molecule has 0 saturated carbocycles. The smallest absolute Gasteiger partial charge is 0.173 e. The van der Waals surface area contributed by atoms with Gasteiger partial charge in [-0.15, -0.1) is 0 Å². The fourth-order valence-corrected chi connectivity index (χ4v) is 1.66. The van der Waals surface area contributed by atoms with Crippen LogP contribution in [0.3, 0.4) is 0 Å². The summed E-state index contributed by atoms with van der Waals surface area (Å²) in [6.07, 6.45) is 0.689. The minimum atomic E-state index is -0.309. The maximum Gasteiger partial charge on any atom is 0.173 e. The third kappa shape index (κ3) is 2.62. The second-order valence-corrected chi connectivity index (χ2v) is 3.16. The van der Waals surface area contributed by atoms with Crippen molar-refractivity contribution in [1.29, 1.82) is 0 Å². The summed E-state index contributed by atoms with van der Waals surface area (Å²) in [5.74, 6) is 5.81. The lowest BCUT2D eigenvalue weighted by Crippen LogP contribution is -2.50. The lowest BCUT2D eigenvalue weighted by Gasteiger charge is -2.27. The summed E-state index contributed by atoms with van der Waals surface area (Å²) in [5.41, 5.74) is 2.72. The van der Waals surface area contributed by atoms with Crippen LogP contribution in [0.15, 0.2) is 0 Å². The number of hydrogen-bond donors (Lipinski definition) is 2. The Balaban J connectivity index is 2.48. The van der Waals surface area contributed by atoms with Crippen LogP contribution in [0, 0.1) is 5.92 Å². The van der Waals surface area contributed by atoms with E-state index in [-0.39, 0.29) is 12.3 Å². The van der Waals surface area contributed by atoms with Gasteiger partial charge >= 0.3 is 0 Å². The first kappa shape index (κ1) is 10.9. The molecule has 1 aliphatic heterocycles. The van der Waals surface area contributed by atoms with Crippen molar-refractivity contribution in [2.24, 2.45) is 11.8 Å². The SMILES string of the molecule is COC(OC)C(NN)C1CCOC1. The van der Waals surface area contributed by atoms with Crippen LogP contribution in [0.4, 0.5) is 0 Å². The van der Waals surface area contributed by atoms with Crippen molar-refractivity contribution >= 4 is 0 Å². The third-order valence-electron chi connectivity index (χ3n) is 2.42. The molecule has 3 N–H and O–H groups in total. The molecule has 1 fully saturated rings. The van der Waals surface area contributed by atoms with Crippen molar-refractivity contribution in [1.82, 2.24) is 5.43 Å². The molecule has 0 aromatic carbocycles. The van der Waals surface area contributed by atoms with E-state index in [1.165, 1.54) is 0 Å². The van der Waals surface area contributed by atoms with Gasteiger partial charge in [-0.05, 0) is 6.42 Å². The maximum atomic E-state index is 5.44. The summed E-state index contributed by atoms with van der Waals surface area (Å²) in [7, 11) is 3.21. The molecule has 1 aliphatic rings. The molecule has 0 aromatic heterocycles. The van der Waals surface area contributed by atoms with Gasteiger partial charge in [-0.25, -0.2) is 0 Å². The number of rotatable bonds is 5. The second kappa shape index (κ2) is 5.51. The first-order chi connectivity index (χ1) is 6.33.